The van der Waals surface area contributed by atoms with Crippen LogP contribution in [0.5, 0.6) is 5.75 Å². The molecule has 1 N–H and O–H groups in total. The second-order valence-electron chi connectivity index (χ2n) is 7.64. The van der Waals surface area contributed by atoms with Gasteiger partial charge < -0.3 is 15.0 Å². The lowest BCUT2D eigenvalue weighted by molar-refractivity contribution is -0.253. The van der Waals surface area contributed by atoms with E-state index >= 15 is 0 Å². The number of halogens is 5. The molecule has 2 aromatic carbocycles. The van der Waals surface area contributed by atoms with E-state index in [1.165, 1.54) is 23.1 Å². The Morgan fingerprint density at radius 1 is 1.24 bits per heavy atom. The van der Waals surface area contributed by atoms with Crippen LogP contribution in [0.4, 0.5) is 23.4 Å². The van der Waals surface area contributed by atoms with E-state index < -0.39 is 24.2 Å². The lowest BCUT2D eigenvalue weighted by Gasteiger charge is -2.21. The molecule has 33 heavy (non-hydrogen) atoms. The molecule has 4 rings (SSSR count). The quantitative estimate of drug-likeness (QED) is 0.475. The monoisotopic (exact) mass is 482 g/mol. The van der Waals surface area contributed by atoms with Crippen LogP contribution in [0.15, 0.2) is 48.7 Å². The van der Waals surface area contributed by atoms with Crippen LogP contribution in [0.3, 0.4) is 0 Å². The third-order valence-electron chi connectivity index (χ3n) is 5.27. The van der Waals surface area contributed by atoms with Gasteiger partial charge in [-0.05, 0) is 42.7 Å². The number of anilines is 1. The highest BCUT2D eigenvalue weighted by atomic mass is 35.5. The largest absolute Gasteiger partial charge is 0.461 e. The minimum absolute atomic E-state index is 0.0762. The van der Waals surface area contributed by atoms with Crippen LogP contribution in [0.2, 0.25) is 5.02 Å². The molecule has 0 aliphatic carbocycles. The fourth-order valence-electron chi connectivity index (χ4n) is 3.60. The number of hydrogen-bond donors (Lipinski definition) is 1. The molecule has 1 atom stereocenters. The second-order valence-corrected chi connectivity index (χ2v) is 8.07. The molecule has 2 heterocycles. The predicted molar refractivity (Wildman–Crippen MR) is 115 cm³/mol. The normalized spacial score (nSPS) is 16.4. The van der Waals surface area contributed by atoms with Crippen molar-refractivity contribution in [3.8, 4) is 5.75 Å². The summed E-state index contributed by atoms with van der Waals surface area (Å²) in [7, 11) is 0. The van der Waals surface area contributed by atoms with Crippen LogP contribution in [-0.2, 0) is 0 Å². The number of amides is 1. The molecule has 174 valence electrons. The Kier molecular flexibility index (Phi) is 6.55. The zero-order valence-electron chi connectivity index (χ0n) is 17.1. The number of para-hydroxylation sites is 1. The van der Waals surface area contributed by atoms with Crippen molar-refractivity contribution in [2.24, 2.45) is 5.92 Å². The van der Waals surface area contributed by atoms with Crippen molar-refractivity contribution in [2.45, 2.75) is 19.0 Å². The maximum absolute atomic E-state index is 13.4. The number of ether oxygens (including phenoxy) is 1. The summed E-state index contributed by atoms with van der Waals surface area (Å²) in [5, 5.41) is 3.76. The Hall–Kier alpha value is -3.14. The molecule has 1 aliphatic rings. The maximum Gasteiger partial charge on any atom is 0.461 e. The molecule has 1 aliphatic heterocycles. The third kappa shape index (κ3) is 5.27. The summed E-state index contributed by atoms with van der Waals surface area (Å²) in [4.78, 5) is 23.2. The van der Waals surface area contributed by atoms with E-state index in [1.54, 1.807) is 24.4 Å². The Bertz CT molecular complexity index is 1160. The average Bonchev–Trinajstić information content (AvgIpc) is 3.26. The van der Waals surface area contributed by atoms with Gasteiger partial charge in [0.1, 0.15) is 11.6 Å². The molecule has 1 aromatic heterocycles. The first-order valence-corrected chi connectivity index (χ1v) is 10.5. The molecule has 3 aromatic rings. The first kappa shape index (κ1) is 23.0. The lowest BCUT2D eigenvalue weighted by atomic mass is 10.1. The summed E-state index contributed by atoms with van der Waals surface area (Å²) in [5.41, 5.74) is 1.17. The van der Waals surface area contributed by atoms with E-state index in [1.807, 2.05) is 0 Å². The van der Waals surface area contributed by atoms with Crippen molar-refractivity contribution in [1.29, 1.82) is 0 Å². The molecule has 0 saturated carbocycles. The number of rotatable bonds is 7. The van der Waals surface area contributed by atoms with Gasteiger partial charge >= 0.3 is 12.5 Å². The van der Waals surface area contributed by atoms with E-state index in [0.717, 1.165) is 6.07 Å². The average molecular weight is 483 g/mol. The summed E-state index contributed by atoms with van der Waals surface area (Å²) in [5.74, 6) is -0.490. The number of likely N-dealkylation sites (tertiary alicyclic amines) is 1. The Morgan fingerprint density at radius 2 is 2.03 bits per heavy atom. The van der Waals surface area contributed by atoms with Crippen LogP contribution < -0.4 is 10.1 Å². The molecule has 6 nitrogen and oxygen atoms in total. The van der Waals surface area contributed by atoms with Crippen molar-refractivity contribution in [1.82, 2.24) is 14.9 Å². The summed E-state index contributed by atoms with van der Waals surface area (Å²) >= 11 is 5.95. The third-order valence-corrected chi connectivity index (χ3v) is 5.50. The van der Waals surface area contributed by atoms with Crippen LogP contribution in [0.1, 0.15) is 16.8 Å². The van der Waals surface area contributed by atoms with Gasteiger partial charge in [0.2, 0.25) is 0 Å². The van der Waals surface area contributed by atoms with Gasteiger partial charge in [0.05, 0.1) is 22.8 Å². The van der Waals surface area contributed by atoms with Gasteiger partial charge in [-0.2, -0.15) is 17.6 Å². The summed E-state index contributed by atoms with van der Waals surface area (Å²) in [6, 6.07) is 10.4. The zero-order valence-corrected chi connectivity index (χ0v) is 17.9. The van der Waals surface area contributed by atoms with E-state index in [4.69, 9.17) is 11.6 Å². The number of carbonyl (C=O) groups is 1. The van der Waals surface area contributed by atoms with Gasteiger partial charge in [-0.1, -0.05) is 23.7 Å². The predicted octanol–water partition coefficient (Wildman–Crippen LogP) is 5.09. The highest BCUT2D eigenvalue weighted by Crippen LogP contribution is 2.31. The van der Waals surface area contributed by atoms with Gasteiger partial charge in [0.25, 0.3) is 5.91 Å². The Balaban J connectivity index is 1.38. The number of benzene rings is 2. The molecule has 0 unspecified atom stereocenters. The molecule has 1 saturated heterocycles. The molecule has 11 heteroatoms. The van der Waals surface area contributed by atoms with E-state index in [2.05, 4.69) is 20.0 Å². The summed E-state index contributed by atoms with van der Waals surface area (Å²) in [6.45, 7) is 1.27. The Labute approximate surface area is 191 Å². The van der Waals surface area contributed by atoms with Crippen LogP contribution in [0, 0.1) is 5.92 Å². The first-order valence-electron chi connectivity index (χ1n) is 10.1. The van der Waals surface area contributed by atoms with Crippen molar-refractivity contribution in [3.05, 3.63) is 59.2 Å². The Morgan fingerprint density at radius 3 is 2.82 bits per heavy atom. The lowest BCUT2D eigenvalue weighted by Crippen LogP contribution is -2.35. The minimum Gasteiger partial charge on any atom is -0.427 e. The van der Waals surface area contributed by atoms with Crippen molar-refractivity contribution in [2.75, 3.05) is 25.0 Å². The van der Waals surface area contributed by atoms with Crippen molar-refractivity contribution >= 4 is 34.4 Å². The summed E-state index contributed by atoms with van der Waals surface area (Å²) < 4.78 is 56.0. The molecule has 0 bridgehead atoms. The standard InChI is InChI=1S/C22H19ClF4N4O2/c23-14-5-6-16-17(9-14)28-11-19(30-16)29-10-13-7-8-31(12-13)20(32)15-3-1-2-4-18(15)33-22(26,27)21(24)25/h1-6,9,11,13,21H,7-8,10,12H2,(H,29,30)/t13-/m0/s1. The van der Waals surface area contributed by atoms with Crippen molar-refractivity contribution < 1.29 is 27.1 Å². The number of hydrogen-bond acceptors (Lipinski definition) is 5. The first-order chi connectivity index (χ1) is 15.7. The highest BCUT2D eigenvalue weighted by molar-refractivity contribution is 6.31. The number of alkyl halides is 4. The van der Waals surface area contributed by atoms with E-state index in [9.17, 15) is 22.4 Å². The van der Waals surface area contributed by atoms with Gasteiger partial charge in [-0.3, -0.25) is 9.78 Å². The number of fused-ring (bicyclic) bond motifs is 1. The summed E-state index contributed by atoms with van der Waals surface area (Å²) in [6.07, 6.45) is -6.45. The smallest absolute Gasteiger partial charge is 0.427 e. The molecule has 1 fully saturated rings. The highest BCUT2D eigenvalue weighted by Gasteiger charge is 2.44. The van der Waals surface area contributed by atoms with E-state index in [0.29, 0.717) is 47.9 Å². The number of carbonyl (C=O) groups excluding carboxylic acids is 1. The molecule has 0 spiro atoms. The van der Waals surface area contributed by atoms with Gasteiger partial charge in [0, 0.05) is 24.7 Å². The second kappa shape index (κ2) is 9.38. The zero-order chi connectivity index (χ0) is 23.6. The molecular formula is C22H19ClF4N4O2. The number of nitrogens with one attached hydrogen (secondary N) is 1. The van der Waals surface area contributed by atoms with Gasteiger partial charge in [-0.15, -0.1) is 0 Å². The van der Waals surface area contributed by atoms with Crippen LogP contribution >= 0.6 is 11.6 Å². The molecular weight excluding hydrogens is 464 g/mol. The molecule has 0 radical (unpaired) electrons. The SMILES string of the molecule is O=C(c1ccccc1OC(F)(F)C(F)F)N1CC[C@@H](CNc2cnc3cc(Cl)ccc3n2)C1. The topological polar surface area (TPSA) is 67.3 Å². The van der Waals surface area contributed by atoms with E-state index in [-0.39, 0.29) is 11.5 Å². The number of aromatic nitrogens is 2. The maximum atomic E-state index is 13.4. The van der Waals surface area contributed by atoms with Crippen LogP contribution in [0.25, 0.3) is 11.0 Å². The van der Waals surface area contributed by atoms with Crippen LogP contribution in [-0.4, -0.2) is 52.9 Å². The molecule has 1 amide bonds. The fraction of sp³-hybridized carbons (Fsp3) is 0.318. The minimum atomic E-state index is -4.69. The fourth-order valence-corrected chi connectivity index (χ4v) is 3.76. The van der Waals surface area contributed by atoms with Gasteiger partial charge in [-0.25, -0.2) is 4.98 Å². The number of nitrogens with zero attached hydrogens (tertiary/aromatic N) is 3. The van der Waals surface area contributed by atoms with Gasteiger partial charge in [0.15, 0.2) is 0 Å². The van der Waals surface area contributed by atoms with Crippen molar-refractivity contribution in [3.63, 3.8) is 0 Å².